The molecule has 1 saturated carbocycles. The van der Waals surface area contributed by atoms with Crippen molar-refractivity contribution in [3.63, 3.8) is 0 Å². The van der Waals surface area contributed by atoms with Gasteiger partial charge in [-0.1, -0.05) is 53.7 Å². The van der Waals surface area contributed by atoms with Crippen molar-refractivity contribution in [2.75, 3.05) is 0 Å². The molecule has 0 aromatic heterocycles. The van der Waals surface area contributed by atoms with Crippen LogP contribution in [0.5, 0.6) is 5.75 Å². The van der Waals surface area contributed by atoms with Crippen molar-refractivity contribution < 1.29 is 5.11 Å². The van der Waals surface area contributed by atoms with Gasteiger partial charge < -0.3 is 5.11 Å². The molecule has 1 aliphatic rings. The van der Waals surface area contributed by atoms with Gasteiger partial charge in [-0.2, -0.15) is 12.6 Å². The maximum absolute atomic E-state index is 10.8. The third kappa shape index (κ3) is 3.82. The predicted octanol–water partition coefficient (Wildman–Crippen LogP) is 5.94. The van der Waals surface area contributed by atoms with E-state index in [0.717, 1.165) is 11.1 Å². The predicted molar refractivity (Wildman–Crippen MR) is 99.5 cm³/mol. The Bertz CT molecular complexity index is 491. The van der Waals surface area contributed by atoms with E-state index in [0.29, 0.717) is 16.9 Å². The molecule has 0 unspecified atom stereocenters. The van der Waals surface area contributed by atoms with E-state index in [1.807, 2.05) is 0 Å². The van der Waals surface area contributed by atoms with Crippen LogP contribution < -0.4 is 0 Å². The third-order valence-corrected chi connectivity index (χ3v) is 5.43. The van der Waals surface area contributed by atoms with Crippen molar-refractivity contribution in [1.29, 1.82) is 0 Å². The van der Waals surface area contributed by atoms with Crippen LogP contribution in [0.4, 0.5) is 0 Å². The molecule has 2 rings (SSSR count). The summed E-state index contributed by atoms with van der Waals surface area (Å²) < 4.78 is 0. The van der Waals surface area contributed by atoms with Crippen molar-refractivity contribution >= 4 is 12.6 Å². The molecule has 1 fully saturated rings. The van der Waals surface area contributed by atoms with Crippen LogP contribution in [0, 0.1) is 0 Å². The van der Waals surface area contributed by atoms with Gasteiger partial charge in [-0.3, -0.25) is 0 Å². The minimum atomic E-state index is -0.0408. The van der Waals surface area contributed by atoms with Crippen LogP contribution in [0.3, 0.4) is 0 Å². The van der Waals surface area contributed by atoms with Crippen LogP contribution in [0.25, 0.3) is 0 Å². The lowest BCUT2D eigenvalue weighted by molar-refractivity contribution is 0.417. The molecule has 0 bridgehead atoms. The Morgan fingerprint density at radius 3 is 1.64 bits per heavy atom. The highest BCUT2D eigenvalue weighted by molar-refractivity contribution is 7.80. The molecule has 124 valence electrons. The van der Waals surface area contributed by atoms with E-state index in [-0.39, 0.29) is 10.8 Å². The second kappa shape index (κ2) is 6.11. The third-order valence-electron chi connectivity index (χ3n) is 4.92. The van der Waals surface area contributed by atoms with Crippen molar-refractivity contribution in [2.24, 2.45) is 0 Å². The smallest absolute Gasteiger partial charge is 0.123 e. The fourth-order valence-corrected chi connectivity index (χ4v) is 3.74. The molecule has 22 heavy (non-hydrogen) atoms. The second-order valence-electron chi connectivity index (χ2n) is 8.97. The van der Waals surface area contributed by atoms with E-state index >= 15 is 0 Å². The van der Waals surface area contributed by atoms with E-state index in [1.165, 1.54) is 31.2 Å². The molecule has 1 aromatic rings. The van der Waals surface area contributed by atoms with E-state index in [9.17, 15) is 5.11 Å². The van der Waals surface area contributed by atoms with Crippen LogP contribution in [0.2, 0.25) is 0 Å². The molecule has 1 aromatic carbocycles. The number of aromatic hydroxyl groups is 1. The number of benzene rings is 1. The first kappa shape index (κ1) is 17.7. The normalized spacial score (nSPS) is 23.6. The average Bonchev–Trinajstić information content (AvgIpc) is 2.37. The van der Waals surface area contributed by atoms with Crippen molar-refractivity contribution in [1.82, 2.24) is 0 Å². The van der Waals surface area contributed by atoms with E-state index in [1.54, 1.807) is 0 Å². The summed E-state index contributed by atoms with van der Waals surface area (Å²) in [5.74, 6) is 1.11. The zero-order valence-electron chi connectivity index (χ0n) is 15.0. The summed E-state index contributed by atoms with van der Waals surface area (Å²) >= 11 is 4.62. The summed E-state index contributed by atoms with van der Waals surface area (Å²) in [6, 6.07) is 4.52. The molecule has 0 heterocycles. The van der Waals surface area contributed by atoms with Gasteiger partial charge in [0, 0.05) is 5.25 Å². The van der Waals surface area contributed by atoms with Crippen molar-refractivity contribution in [3.05, 3.63) is 28.8 Å². The SMILES string of the molecule is CC(C)(C)c1cc(C2CCC(S)CC2)cc(C(C)(C)C)c1O. The maximum atomic E-state index is 10.8. The van der Waals surface area contributed by atoms with Gasteiger partial charge in [0.05, 0.1) is 0 Å². The Kier molecular flexibility index (Phi) is 4.92. The van der Waals surface area contributed by atoms with Gasteiger partial charge in [-0.25, -0.2) is 0 Å². The minimum absolute atomic E-state index is 0.0408. The van der Waals surface area contributed by atoms with Gasteiger partial charge >= 0.3 is 0 Å². The first-order valence-corrected chi connectivity index (χ1v) is 9.07. The van der Waals surface area contributed by atoms with Crippen molar-refractivity contribution in [3.8, 4) is 5.75 Å². The molecule has 0 atom stereocenters. The lowest BCUT2D eigenvalue weighted by Gasteiger charge is -2.32. The number of hydrogen-bond acceptors (Lipinski definition) is 2. The van der Waals surface area contributed by atoms with Gasteiger partial charge in [0.25, 0.3) is 0 Å². The summed E-state index contributed by atoms with van der Waals surface area (Å²) in [6.07, 6.45) is 4.83. The van der Waals surface area contributed by atoms with Crippen molar-refractivity contribution in [2.45, 2.75) is 89.2 Å². The van der Waals surface area contributed by atoms with E-state index in [2.05, 4.69) is 66.3 Å². The first-order chi connectivity index (χ1) is 10.00. The van der Waals surface area contributed by atoms with Crippen LogP contribution in [0.1, 0.15) is 89.8 Å². The zero-order valence-corrected chi connectivity index (χ0v) is 15.9. The van der Waals surface area contributed by atoms with Crippen LogP contribution in [0.15, 0.2) is 12.1 Å². The number of hydrogen-bond donors (Lipinski definition) is 2. The van der Waals surface area contributed by atoms with Crippen LogP contribution in [-0.2, 0) is 10.8 Å². The summed E-state index contributed by atoms with van der Waals surface area (Å²) in [6.45, 7) is 13.1. The Morgan fingerprint density at radius 2 is 1.27 bits per heavy atom. The second-order valence-corrected chi connectivity index (χ2v) is 9.70. The number of phenols is 1. The average molecular weight is 321 g/mol. The van der Waals surface area contributed by atoms with Gasteiger partial charge in [0.15, 0.2) is 0 Å². The summed E-state index contributed by atoms with van der Waals surface area (Å²) in [5.41, 5.74) is 3.50. The zero-order chi connectivity index (χ0) is 16.7. The Morgan fingerprint density at radius 1 is 0.864 bits per heavy atom. The largest absolute Gasteiger partial charge is 0.507 e. The number of rotatable bonds is 1. The van der Waals surface area contributed by atoms with E-state index < -0.39 is 0 Å². The summed E-state index contributed by atoms with van der Waals surface area (Å²) in [5, 5.41) is 11.4. The molecule has 0 amide bonds. The number of thiol groups is 1. The molecule has 1 N–H and O–H groups in total. The lowest BCUT2D eigenvalue weighted by Crippen LogP contribution is -2.20. The highest BCUT2D eigenvalue weighted by Gasteiger charge is 2.29. The molecule has 1 nitrogen and oxygen atoms in total. The lowest BCUT2D eigenvalue weighted by atomic mass is 9.75. The fraction of sp³-hybridized carbons (Fsp3) is 0.700. The van der Waals surface area contributed by atoms with Crippen LogP contribution in [-0.4, -0.2) is 10.4 Å². The standard InChI is InChI=1S/C20H32OS/c1-19(2,3)16-11-14(13-7-9-15(22)10-8-13)12-17(18(16)21)20(4,5)6/h11-13,15,21-22H,7-10H2,1-6H3. The van der Waals surface area contributed by atoms with Gasteiger partial charge in [0.2, 0.25) is 0 Å². The topological polar surface area (TPSA) is 20.2 Å². The minimum Gasteiger partial charge on any atom is -0.507 e. The fourth-order valence-electron chi connectivity index (χ4n) is 3.45. The highest BCUT2D eigenvalue weighted by Crippen LogP contribution is 2.43. The number of phenolic OH excluding ortho intramolecular Hbond substituents is 1. The van der Waals surface area contributed by atoms with E-state index in [4.69, 9.17) is 0 Å². The molecule has 0 saturated heterocycles. The monoisotopic (exact) mass is 320 g/mol. The molecular weight excluding hydrogens is 288 g/mol. The molecule has 1 aliphatic carbocycles. The summed E-state index contributed by atoms with van der Waals surface area (Å²) in [4.78, 5) is 0. The van der Waals surface area contributed by atoms with Gasteiger partial charge in [0.1, 0.15) is 5.75 Å². The quantitative estimate of drug-likeness (QED) is 0.613. The molecule has 2 heteroatoms. The van der Waals surface area contributed by atoms with Gasteiger partial charge in [-0.05, 0) is 59.1 Å². The van der Waals surface area contributed by atoms with Crippen LogP contribution >= 0.6 is 12.6 Å². The highest BCUT2D eigenvalue weighted by atomic mass is 32.1. The Hall–Kier alpha value is -0.630. The van der Waals surface area contributed by atoms with Gasteiger partial charge in [-0.15, -0.1) is 0 Å². The molecule has 0 spiro atoms. The Labute approximate surface area is 141 Å². The Balaban J connectivity index is 2.51. The maximum Gasteiger partial charge on any atom is 0.123 e. The molecule has 0 radical (unpaired) electrons. The molecular formula is C20H32OS. The molecule has 0 aliphatic heterocycles. The summed E-state index contributed by atoms with van der Waals surface area (Å²) in [7, 11) is 0. The first-order valence-electron chi connectivity index (χ1n) is 8.56.